The van der Waals surface area contributed by atoms with Crippen molar-refractivity contribution in [1.82, 2.24) is 4.90 Å². The number of hydrogen-bond donors (Lipinski definition) is 1. The van der Waals surface area contributed by atoms with Crippen LogP contribution in [-0.4, -0.2) is 37.7 Å². The number of carbonyl (C=O) groups excluding carboxylic acids is 1. The van der Waals surface area contributed by atoms with Crippen LogP contribution in [0.5, 0.6) is 0 Å². The van der Waals surface area contributed by atoms with Crippen LogP contribution in [0.15, 0.2) is 24.3 Å². The predicted molar refractivity (Wildman–Crippen MR) is 69.1 cm³/mol. The number of halogens is 1. The highest BCUT2D eigenvalue weighted by molar-refractivity contribution is 5.89. The fraction of sp³-hybridized carbons (Fsp3) is 0.385. The van der Waals surface area contributed by atoms with Gasteiger partial charge in [-0.05, 0) is 18.2 Å². The number of amides is 2. The molecule has 2 amide bonds. The lowest BCUT2D eigenvalue weighted by atomic mass is 10.3. The number of methoxy groups -OCH3 is 1. The molecule has 0 saturated heterocycles. The molecule has 0 aliphatic carbocycles. The van der Waals surface area contributed by atoms with E-state index in [-0.39, 0.29) is 12.5 Å². The molecule has 102 valence electrons. The zero-order chi connectivity index (χ0) is 14.1. The van der Waals surface area contributed by atoms with Crippen LogP contribution in [0, 0.1) is 17.1 Å². The highest BCUT2D eigenvalue weighted by Gasteiger charge is 2.13. The number of nitriles is 1. The molecule has 6 heteroatoms. The first kappa shape index (κ1) is 14.9. The van der Waals surface area contributed by atoms with Crippen molar-refractivity contribution in [2.45, 2.75) is 6.42 Å². The lowest BCUT2D eigenvalue weighted by Crippen LogP contribution is -2.38. The van der Waals surface area contributed by atoms with Gasteiger partial charge < -0.3 is 15.0 Å². The van der Waals surface area contributed by atoms with Crippen LogP contribution in [-0.2, 0) is 4.74 Å². The van der Waals surface area contributed by atoms with E-state index in [1.807, 2.05) is 6.07 Å². The van der Waals surface area contributed by atoms with Crippen LogP contribution >= 0.6 is 0 Å². The van der Waals surface area contributed by atoms with Gasteiger partial charge in [0.05, 0.1) is 19.1 Å². The average molecular weight is 265 g/mol. The molecule has 0 radical (unpaired) electrons. The summed E-state index contributed by atoms with van der Waals surface area (Å²) in [6.45, 7) is 1.06. The van der Waals surface area contributed by atoms with Gasteiger partial charge in [-0.25, -0.2) is 9.18 Å². The van der Waals surface area contributed by atoms with Gasteiger partial charge in [0.15, 0.2) is 0 Å². The minimum absolute atomic E-state index is 0.236. The lowest BCUT2D eigenvalue weighted by molar-refractivity contribution is 0.156. The molecule has 0 spiro atoms. The second-order valence-electron chi connectivity index (χ2n) is 3.83. The summed E-state index contributed by atoms with van der Waals surface area (Å²) in [5, 5.41) is 11.1. The summed E-state index contributed by atoms with van der Waals surface area (Å²) in [7, 11) is 1.53. The largest absolute Gasteiger partial charge is 0.383 e. The Kier molecular flexibility index (Phi) is 6.33. The number of ether oxygens (including phenoxy) is 1. The highest BCUT2D eigenvalue weighted by Crippen LogP contribution is 2.10. The molecule has 19 heavy (non-hydrogen) atoms. The predicted octanol–water partition coefficient (Wildman–Crippen LogP) is 2.22. The molecule has 0 fully saturated rings. The second-order valence-corrected chi connectivity index (χ2v) is 3.83. The molecule has 0 atom stereocenters. The second kappa shape index (κ2) is 8.06. The quantitative estimate of drug-likeness (QED) is 0.857. The zero-order valence-electron chi connectivity index (χ0n) is 10.7. The Labute approximate surface area is 111 Å². The molecule has 5 nitrogen and oxygen atoms in total. The van der Waals surface area contributed by atoms with Gasteiger partial charge in [0, 0.05) is 25.9 Å². The number of urea groups is 1. The van der Waals surface area contributed by atoms with Gasteiger partial charge in [0.1, 0.15) is 5.82 Å². The Morgan fingerprint density at radius 3 is 2.95 bits per heavy atom. The van der Waals surface area contributed by atoms with Gasteiger partial charge >= 0.3 is 6.03 Å². The molecule has 0 aliphatic heterocycles. The standard InChI is InChI=1S/C13H16FN3O2/c1-19-9-8-17(7-3-6-15)13(18)16-12-5-2-4-11(14)10-12/h2,4-5,10H,3,7-9H2,1H3,(H,16,18). The molecular weight excluding hydrogens is 249 g/mol. The minimum atomic E-state index is -0.418. The number of rotatable bonds is 6. The van der Waals surface area contributed by atoms with Crippen molar-refractivity contribution in [2.24, 2.45) is 0 Å². The Morgan fingerprint density at radius 2 is 2.32 bits per heavy atom. The third-order valence-corrected chi connectivity index (χ3v) is 2.42. The molecule has 0 aliphatic rings. The fourth-order valence-electron chi connectivity index (χ4n) is 1.47. The van der Waals surface area contributed by atoms with E-state index in [2.05, 4.69) is 5.32 Å². The van der Waals surface area contributed by atoms with Gasteiger partial charge in [-0.3, -0.25) is 0 Å². The van der Waals surface area contributed by atoms with Crippen LogP contribution in [0.2, 0.25) is 0 Å². The number of hydrogen-bond acceptors (Lipinski definition) is 3. The SMILES string of the molecule is COCCN(CCC#N)C(=O)Nc1cccc(F)c1. The van der Waals surface area contributed by atoms with Gasteiger partial charge in [0.25, 0.3) is 0 Å². The van der Waals surface area contributed by atoms with E-state index >= 15 is 0 Å². The van der Waals surface area contributed by atoms with Crippen LogP contribution in [0.4, 0.5) is 14.9 Å². The number of carbonyl (C=O) groups is 1. The molecule has 0 heterocycles. The van der Waals surface area contributed by atoms with Crippen LogP contribution in [0.25, 0.3) is 0 Å². The van der Waals surface area contributed by atoms with Gasteiger partial charge in [0.2, 0.25) is 0 Å². The van der Waals surface area contributed by atoms with Crippen LogP contribution < -0.4 is 5.32 Å². The minimum Gasteiger partial charge on any atom is -0.383 e. The fourth-order valence-corrected chi connectivity index (χ4v) is 1.47. The van der Waals surface area contributed by atoms with Crippen molar-refractivity contribution in [3.05, 3.63) is 30.1 Å². The summed E-state index contributed by atoms with van der Waals surface area (Å²) >= 11 is 0. The molecular formula is C13H16FN3O2. The maximum atomic E-state index is 13.0. The first-order chi connectivity index (χ1) is 9.17. The van der Waals surface area contributed by atoms with Crippen LogP contribution in [0.1, 0.15) is 6.42 Å². The molecule has 0 unspecified atom stereocenters. The Bertz CT molecular complexity index is 459. The van der Waals surface area contributed by atoms with Crippen molar-refractivity contribution in [1.29, 1.82) is 5.26 Å². The summed E-state index contributed by atoms with van der Waals surface area (Å²) < 4.78 is 17.9. The molecule has 0 aromatic heterocycles. The maximum Gasteiger partial charge on any atom is 0.321 e. The van der Waals surface area contributed by atoms with Gasteiger partial charge in [-0.15, -0.1) is 0 Å². The zero-order valence-corrected chi connectivity index (χ0v) is 10.7. The van der Waals surface area contributed by atoms with Gasteiger partial charge in [-0.2, -0.15) is 5.26 Å². The number of nitrogens with zero attached hydrogens (tertiary/aromatic N) is 2. The summed E-state index contributed by atoms with van der Waals surface area (Å²) in [6, 6.07) is 7.25. The van der Waals surface area contributed by atoms with Crippen molar-refractivity contribution >= 4 is 11.7 Å². The Hall–Kier alpha value is -2.13. The van der Waals surface area contributed by atoms with Crippen molar-refractivity contribution in [3.63, 3.8) is 0 Å². The molecule has 0 saturated carbocycles. The number of benzene rings is 1. The average Bonchev–Trinajstić information content (AvgIpc) is 2.38. The Balaban J connectivity index is 2.62. The van der Waals surface area contributed by atoms with E-state index in [0.717, 1.165) is 0 Å². The first-order valence-corrected chi connectivity index (χ1v) is 5.84. The number of nitrogens with one attached hydrogen (secondary N) is 1. The molecule has 1 aromatic rings. The summed E-state index contributed by atoms with van der Waals surface area (Å²) in [5.41, 5.74) is 0.379. The maximum absolute atomic E-state index is 13.0. The lowest BCUT2D eigenvalue weighted by Gasteiger charge is -2.21. The first-order valence-electron chi connectivity index (χ1n) is 5.84. The smallest absolute Gasteiger partial charge is 0.321 e. The van der Waals surface area contributed by atoms with Gasteiger partial charge in [-0.1, -0.05) is 6.07 Å². The molecule has 1 rings (SSSR count). The highest BCUT2D eigenvalue weighted by atomic mass is 19.1. The van der Waals surface area contributed by atoms with E-state index < -0.39 is 5.82 Å². The topological polar surface area (TPSA) is 65.4 Å². The molecule has 1 aromatic carbocycles. The van der Waals surface area contributed by atoms with Crippen molar-refractivity contribution < 1.29 is 13.9 Å². The molecule has 0 bridgehead atoms. The van der Waals surface area contributed by atoms with E-state index in [0.29, 0.717) is 25.4 Å². The summed E-state index contributed by atoms with van der Waals surface area (Å²) in [6.07, 6.45) is 0.236. The summed E-state index contributed by atoms with van der Waals surface area (Å²) in [5.74, 6) is -0.418. The Morgan fingerprint density at radius 1 is 1.53 bits per heavy atom. The van der Waals surface area contributed by atoms with Crippen LogP contribution in [0.3, 0.4) is 0 Å². The van der Waals surface area contributed by atoms with E-state index in [9.17, 15) is 9.18 Å². The van der Waals surface area contributed by atoms with E-state index in [4.69, 9.17) is 10.00 Å². The van der Waals surface area contributed by atoms with E-state index in [1.165, 1.54) is 30.2 Å². The van der Waals surface area contributed by atoms with Crippen molar-refractivity contribution in [3.8, 4) is 6.07 Å². The normalized spacial score (nSPS) is 9.74. The number of anilines is 1. The third-order valence-electron chi connectivity index (χ3n) is 2.42. The van der Waals surface area contributed by atoms with Crippen molar-refractivity contribution in [2.75, 3.05) is 32.1 Å². The van der Waals surface area contributed by atoms with E-state index in [1.54, 1.807) is 6.07 Å². The monoisotopic (exact) mass is 265 g/mol. The summed E-state index contributed by atoms with van der Waals surface area (Å²) in [4.78, 5) is 13.4. The third kappa shape index (κ3) is 5.36. The molecule has 1 N–H and O–H groups in total.